The van der Waals surface area contributed by atoms with E-state index >= 15 is 0 Å². The van der Waals surface area contributed by atoms with Gasteiger partial charge in [0.2, 0.25) is 5.69 Å². The number of fused-ring (bicyclic) bond motifs is 3. The summed E-state index contributed by atoms with van der Waals surface area (Å²) in [4.78, 5) is 0. The fourth-order valence-electron chi connectivity index (χ4n) is 9.00. The zero-order valence-electron chi connectivity index (χ0n) is 30.9. The molecule has 0 bridgehead atoms. The third-order valence-corrected chi connectivity index (χ3v) is 12.1. The summed E-state index contributed by atoms with van der Waals surface area (Å²) in [5.41, 5.74) is 17.1. The monoisotopic (exact) mass is 654 g/mol. The van der Waals surface area contributed by atoms with E-state index in [0.717, 1.165) is 25.7 Å². The van der Waals surface area contributed by atoms with Gasteiger partial charge in [0.25, 0.3) is 0 Å². The van der Waals surface area contributed by atoms with Crippen molar-refractivity contribution in [3.63, 3.8) is 0 Å². The molecule has 1 heteroatoms. The van der Waals surface area contributed by atoms with E-state index in [9.17, 15) is 0 Å². The molecule has 0 amide bonds. The normalized spacial score (nSPS) is 16.1. The van der Waals surface area contributed by atoms with Gasteiger partial charge in [-0.2, -0.15) is 4.57 Å². The Balaban J connectivity index is 1.35. The van der Waals surface area contributed by atoms with E-state index in [2.05, 4.69) is 180 Å². The fourth-order valence-corrected chi connectivity index (χ4v) is 9.00. The van der Waals surface area contributed by atoms with E-state index in [1.807, 2.05) is 0 Å². The van der Waals surface area contributed by atoms with Gasteiger partial charge in [0.15, 0.2) is 11.7 Å². The third kappa shape index (κ3) is 5.71. The lowest BCUT2D eigenvalue weighted by molar-refractivity contribution is -0.769. The summed E-state index contributed by atoms with van der Waals surface area (Å²) in [7, 11) is 0. The Hall–Kier alpha value is -4.75. The summed E-state index contributed by atoms with van der Waals surface area (Å²) in [6.07, 6.45) is 9.22. The number of aryl methyl sites for hydroxylation is 2. The Morgan fingerprint density at radius 3 is 1.78 bits per heavy atom. The summed E-state index contributed by atoms with van der Waals surface area (Å²) < 4.78 is 2.61. The Morgan fingerprint density at radius 2 is 1.12 bits per heavy atom. The number of benzene rings is 5. The molecule has 0 fully saturated rings. The summed E-state index contributed by atoms with van der Waals surface area (Å²) >= 11 is 0. The highest BCUT2D eigenvalue weighted by atomic mass is 15.1. The van der Waals surface area contributed by atoms with Crippen molar-refractivity contribution in [1.82, 2.24) is 0 Å². The van der Waals surface area contributed by atoms with Crippen LogP contribution in [0.2, 0.25) is 0 Å². The highest BCUT2D eigenvalue weighted by molar-refractivity contribution is 5.84. The molecule has 7 rings (SSSR count). The molecular weight excluding hydrogens is 603 g/mol. The van der Waals surface area contributed by atoms with Crippen LogP contribution in [0, 0.1) is 6.92 Å². The topological polar surface area (TPSA) is 3.88 Å². The molecule has 2 heterocycles. The van der Waals surface area contributed by atoms with Gasteiger partial charge in [-0.1, -0.05) is 113 Å². The molecular formula is C49H52N+. The van der Waals surface area contributed by atoms with Crippen LogP contribution in [0.1, 0.15) is 83.4 Å². The lowest BCUT2D eigenvalue weighted by Gasteiger charge is -2.48. The zero-order chi connectivity index (χ0) is 34.9. The maximum atomic E-state index is 2.61. The molecule has 1 atom stereocenters. The van der Waals surface area contributed by atoms with Crippen LogP contribution in [-0.4, -0.2) is 0 Å². The SMILES string of the molecule is CCCCc1ccc(-c2cc(-c3ccccc3)cc(-c3cccc(-c4cc5c(cc4C)C(C)(CC)C(CC)(CC)[n+]4ccccc4-5)c3)c2)cc1. The molecule has 0 N–H and O–H groups in total. The van der Waals surface area contributed by atoms with Gasteiger partial charge in [0.05, 0.1) is 11.0 Å². The summed E-state index contributed by atoms with van der Waals surface area (Å²) in [6.45, 7) is 14.2. The van der Waals surface area contributed by atoms with Crippen LogP contribution >= 0.6 is 0 Å². The Kier molecular flexibility index (Phi) is 9.36. The minimum absolute atomic E-state index is 0.0263. The highest BCUT2D eigenvalue weighted by Gasteiger charge is 2.58. The lowest BCUT2D eigenvalue weighted by atomic mass is 9.58. The van der Waals surface area contributed by atoms with Gasteiger partial charge in [0.1, 0.15) is 0 Å². The Labute approximate surface area is 300 Å². The zero-order valence-corrected chi connectivity index (χ0v) is 30.9. The van der Waals surface area contributed by atoms with Gasteiger partial charge in [-0.05, 0) is 131 Å². The van der Waals surface area contributed by atoms with Crippen molar-refractivity contribution in [3.05, 3.63) is 150 Å². The van der Waals surface area contributed by atoms with Crippen molar-refractivity contribution >= 4 is 0 Å². The predicted octanol–water partition coefficient (Wildman–Crippen LogP) is 13.2. The standard InChI is InChI=1S/C49H52N/c1-7-11-18-36-24-26-38(27-25-36)42-31-41(37-19-13-12-14-20-37)32-43(33-42)39-21-17-22-40(30-39)44-34-45-46(29-35(44)5)48(6,8-2)49(9-3,10-4)50-28-16-15-23-47(45)50/h12-17,19-34H,7-11,18H2,1-6H3/q+1. The molecule has 1 nitrogen and oxygen atoms in total. The third-order valence-electron chi connectivity index (χ3n) is 12.1. The number of pyridine rings is 1. The van der Waals surface area contributed by atoms with E-state index in [1.54, 1.807) is 0 Å². The van der Waals surface area contributed by atoms with E-state index in [-0.39, 0.29) is 11.0 Å². The lowest BCUT2D eigenvalue weighted by Crippen LogP contribution is -2.68. The maximum Gasteiger partial charge on any atom is 0.213 e. The highest BCUT2D eigenvalue weighted by Crippen LogP contribution is 2.52. The van der Waals surface area contributed by atoms with Crippen molar-refractivity contribution < 1.29 is 4.57 Å². The Bertz CT molecular complexity index is 2120. The average Bonchev–Trinajstić information content (AvgIpc) is 3.18. The predicted molar refractivity (Wildman–Crippen MR) is 213 cm³/mol. The Morgan fingerprint density at radius 1 is 0.520 bits per heavy atom. The minimum Gasteiger partial charge on any atom is -0.192 e. The first-order chi connectivity index (χ1) is 24.4. The number of rotatable bonds is 10. The molecule has 1 aliphatic rings. The van der Waals surface area contributed by atoms with Crippen LogP contribution in [0.4, 0.5) is 0 Å². The molecule has 0 radical (unpaired) electrons. The molecule has 0 saturated heterocycles. The summed E-state index contributed by atoms with van der Waals surface area (Å²) in [5, 5.41) is 0. The number of aromatic nitrogens is 1. The fraction of sp³-hybridized carbons (Fsp3) is 0.286. The first-order valence-corrected chi connectivity index (χ1v) is 18.9. The van der Waals surface area contributed by atoms with Gasteiger partial charge < -0.3 is 0 Å². The average molecular weight is 655 g/mol. The van der Waals surface area contributed by atoms with E-state index in [1.165, 1.54) is 85.3 Å². The van der Waals surface area contributed by atoms with E-state index in [4.69, 9.17) is 0 Å². The quantitative estimate of drug-likeness (QED) is 0.129. The molecule has 1 aliphatic heterocycles. The number of hydrogen-bond donors (Lipinski definition) is 0. The summed E-state index contributed by atoms with van der Waals surface area (Å²) in [6, 6.07) is 48.1. The van der Waals surface area contributed by atoms with Crippen molar-refractivity contribution in [3.8, 4) is 55.8 Å². The molecule has 252 valence electrons. The largest absolute Gasteiger partial charge is 0.213 e. The van der Waals surface area contributed by atoms with Gasteiger partial charge >= 0.3 is 0 Å². The van der Waals surface area contributed by atoms with Gasteiger partial charge in [-0.25, -0.2) is 0 Å². The van der Waals surface area contributed by atoms with Crippen molar-refractivity contribution in [1.29, 1.82) is 0 Å². The number of unbranched alkanes of at least 4 members (excludes halogenated alkanes) is 1. The number of nitrogens with zero attached hydrogens (tertiary/aromatic N) is 1. The van der Waals surface area contributed by atoms with E-state index in [0.29, 0.717) is 0 Å². The molecule has 50 heavy (non-hydrogen) atoms. The van der Waals surface area contributed by atoms with Crippen LogP contribution in [0.5, 0.6) is 0 Å². The minimum atomic E-state index is 0.0263. The molecule has 1 aromatic heterocycles. The molecule has 0 saturated carbocycles. The smallest absolute Gasteiger partial charge is 0.192 e. The van der Waals surface area contributed by atoms with E-state index < -0.39 is 0 Å². The van der Waals surface area contributed by atoms with Crippen LogP contribution in [0.15, 0.2) is 134 Å². The first-order valence-electron chi connectivity index (χ1n) is 18.9. The number of hydrogen-bond acceptors (Lipinski definition) is 0. The molecule has 5 aromatic carbocycles. The van der Waals surface area contributed by atoms with Gasteiger partial charge in [-0.15, -0.1) is 0 Å². The van der Waals surface area contributed by atoms with Crippen molar-refractivity contribution in [2.75, 3.05) is 0 Å². The van der Waals surface area contributed by atoms with Crippen LogP contribution < -0.4 is 4.57 Å². The first kappa shape index (κ1) is 33.7. The molecule has 0 spiro atoms. The second-order valence-corrected chi connectivity index (χ2v) is 14.6. The summed E-state index contributed by atoms with van der Waals surface area (Å²) in [5.74, 6) is 0. The second-order valence-electron chi connectivity index (χ2n) is 14.6. The van der Waals surface area contributed by atoms with Crippen LogP contribution in [0.25, 0.3) is 55.8 Å². The van der Waals surface area contributed by atoms with Gasteiger partial charge in [0, 0.05) is 25.0 Å². The van der Waals surface area contributed by atoms with Crippen molar-refractivity contribution in [2.24, 2.45) is 0 Å². The van der Waals surface area contributed by atoms with Crippen molar-refractivity contribution in [2.45, 2.75) is 91.0 Å². The molecule has 0 aliphatic carbocycles. The molecule has 1 unspecified atom stereocenters. The van der Waals surface area contributed by atoms with Gasteiger partial charge in [-0.3, -0.25) is 0 Å². The second kappa shape index (κ2) is 13.9. The van der Waals surface area contributed by atoms with Crippen LogP contribution in [0.3, 0.4) is 0 Å². The maximum absolute atomic E-state index is 2.61. The molecule has 6 aromatic rings. The van der Waals surface area contributed by atoms with Crippen LogP contribution in [-0.2, 0) is 17.4 Å².